The van der Waals surface area contributed by atoms with Crippen molar-refractivity contribution in [3.8, 4) is 0 Å². The van der Waals surface area contributed by atoms with E-state index in [-0.39, 0.29) is 16.4 Å². The first-order chi connectivity index (χ1) is 9.38. The minimum atomic E-state index is -0.551. The van der Waals surface area contributed by atoms with Gasteiger partial charge in [0, 0.05) is 29.8 Å². The standard InChI is InChI=1S/C12H9BrClN3O3/c1-16-6-7(13)4-11(16)12(18)15-10-5-8(17(19)20)2-3-9(10)14/h2-6H,1H3,(H,15,18). The number of nitrogens with zero attached hydrogens (tertiary/aromatic N) is 2. The maximum atomic E-state index is 12.1. The summed E-state index contributed by atoms with van der Waals surface area (Å²) in [4.78, 5) is 22.3. The lowest BCUT2D eigenvalue weighted by Crippen LogP contribution is -2.15. The van der Waals surface area contributed by atoms with Gasteiger partial charge in [-0.05, 0) is 28.1 Å². The Kier molecular flexibility index (Phi) is 4.10. The fourth-order valence-corrected chi connectivity index (χ4v) is 2.35. The van der Waals surface area contributed by atoms with Crippen LogP contribution in [0, 0.1) is 10.1 Å². The third kappa shape index (κ3) is 3.00. The maximum Gasteiger partial charge on any atom is 0.272 e. The van der Waals surface area contributed by atoms with Gasteiger partial charge >= 0.3 is 0 Å². The lowest BCUT2D eigenvalue weighted by atomic mass is 10.2. The molecule has 0 aliphatic rings. The summed E-state index contributed by atoms with van der Waals surface area (Å²) in [6, 6.07) is 5.51. The summed E-state index contributed by atoms with van der Waals surface area (Å²) in [6.07, 6.45) is 1.73. The second kappa shape index (κ2) is 5.64. The molecule has 1 aromatic carbocycles. The van der Waals surface area contributed by atoms with Crippen molar-refractivity contribution in [2.45, 2.75) is 0 Å². The molecule has 0 saturated heterocycles. The summed E-state index contributed by atoms with van der Waals surface area (Å²) in [5, 5.41) is 13.5. The van der Waals surface area contributed by atoms with Gasteiger partial charge in [0.05, 0.1) is 15.6 Å². The third-order valence-electron chi connectivity index (χ3n) is 2.61. The topological polar surface area (TPSA) is 77.2 Å². The summed E-state index contributed by atoms with van der Waals surface area (Å²) < 4.78 is 2.39. The van der Waals surface area contributed by atoms with Crippen LogP contribution in [0.2, 0.25) is 5.02 Å². The summed E-state index contributed by atoms with van der Waals surface area (Å²) >= 11 is 9.19. The van der Waals surface area contributed by atoms with Crippen LogP contribution in [0.3, 0.4) is 0 Å². The molecule has 0 bridgehead atoms. The average Bonchev–Trinajstić information content (AvgIpc) is 2.71. The molecular weight excluding hydrogens is 350 g/mol. The number of amides is 1. The molecule has 1 heterocycles. The third-order valence-corrected chi connectivity index (χ3v) is 3.38. The zero-order valence-corrected chi connectivity index (χ0v) is 12.6. The van der Waals surface area contributed by atoms with Crippen molar-refractivity contribution >= 4 is 44.8 Å². The molecule has 8 heteroatoms. The molecular formula is C12H9BrClN3O3. The van der Waals surface area contributed by atoms with E-state index in [0.29, 0.717) is 5.69 Å². The number of carbonyl (C=O) groups is 1. The highest BCUT2D eigenvalue weighted by Crippen LogP contribution is 2.27. The molecule has 0 spiro atoms. The fraction of sp³-hybridized carbons (Fsp3) is 0.0833. The fourth-order valence-electron chi connectivity index (χ4n) is 1.66. The van der Waals surface area contributed by atoms with Crippen LogP contribution in [0.1, 0.15) is 10.5 Å². The molecule has 104 valence electrons. The van der Waals surface area contributed by atoms with Crippen molar-refractivity contribution in [2.24, 2.45) is 7.05 Å². The minimum Gasteiger partial charge on any atom is -0.345 e. The second-order valence-corrected chi connectivity index (χ2v) is 5.35. The molecule has 0 fully saturated rings. The number of nitrogens with one attached hydrogen (secondary N) is 1. The van der Waals surface area contributed by atoms with E-state index in [9.17, 15) is 14.9 Å². The zero-order valence-electron chi connectivity index (χ0n) is 10.3. The van der Waals surface area contributed by atoms with E-state index in [1.807, 2.05) is 0 Å². The lowest BCUT2D eigenvalue weighted by molar-refractivity contribution is -0.384. The van der Waals surface area contributed by atoms with Crippen molar-refractivity contribution in [3.63, 3.8) is 0 Å². The number of hydrogen-bond acceptors (Lipinski definition) is 3. The molecule has 0 unspecified atom stereocenters. The number of non-ortho nitro benzene ring substituents is 1. The van der Waals surface area contributed by atoms with Gasteiger partial charge in [-0.1, -0.05) is 11.6 Å². The number of nitro benzene ring substituents is 1. The smallest absolute Gasteiger partial charge is 0.272 e. The Morgan fingerprint density at radius 1 is 1.45 bits per heavy atom. The summed E-state index contributed by atoms with van der Waals surface area (Å²) in [5.41, 5.74) is 0.459. The molecule has 0 atom stereocenters. The summed E-state index contributed by atoms with van der Waals surface area (Å²) in [5.74, 6) is -0.402. The van der Waals surface area contributed by atoms with Crippen LogP contribution in [0.4, 0.5) is 11.4 Å². The molecule has 2 aromatic rings. The first kappa shape index (κ1) is 14.5. The number of hydrogen-bond donors (Lipinski definition) is 1. The van der Waals surface area contributed by atoms with E-state index in [2.05, 4.69) is 21.2 Å². The molecule has 1 amide bonds. The van der Waals surface area contributed by atoms with E-state index in [1.54, 1.807) is 23.9 Å². The van der Waals surface area contributed by atoms with Gasteiger partial charge in [-0.25, -0.2) is 0 Å². The normalized spacial score (nSPS) is 10.3. The molecule has 6 nitrogen and oxygen atoms in total. The lowest BCUT2D eigenvalue weighted by Gasteiger charge is -2.07. The first-order valence-electron chi connectivity index (χ1n) is 5.45. The predicted molar refractivity (Wildman–Crippen MR) is 79.2 cm³/mol. The first-order valence-corrected chi connectivity index (χ1v) is 6.62. The van der Waals surface area contributed by atoms with Gasteiger partial charge in [-0.3, -0.25) is 14.9 Å². The SMILES string of the molecule is Cn1cc(Br)cc1C(=O)Nc1cc([N+](=O)[O-])ccc1Cl. The largest absolute Gasteiger partial charge is 0.345 e. The molecule has 0 saturated carbocycles. The molecule has 1 aromatic heterocycles. The zero-order chi connectivity index (χ0) is 14.9. The van der Waals surface area contributed by atoms with Crippen molar-refractivity contribution in [3.05, 3.63) is 55.8 Å². The van der Waals surface area contributed by atoms with Crippen LogP contribution in [0.5, 0.6) is 0 Å². The Labute approximate surface area is 127 Å². The molecule has 0 aliphatic carbocycles. The number of nitro groups is 1. The highest BCUT2D eigenvalue weighted by molar-refractivity contribution is 9.10. The van der Waals surface area contributed by atoms with Crippen molar-refractivity contribution in [1.82, 2.24) is 4.57 Å². The Morgan fingerprint density at radius 2 is 2.15 bits per heavy atom. The molecule has 0 aliphatic heterocycles. The Balaban J connectivity index is 2.30. The van der Waals surface area contributed by atoms with E-state index < -0.39 is 10.8 Å². The Morgan fingerprint density at radius 3 is 2.70 bits per heavy atom. The van der Waals surface area contributed by atoms with Crippen LogP contribution < -0.4 is 5.32 Å². The highest BCUT2D eigenvalue weighted by Gasteiger charge is 2.15. The van der Waals surface area contributed by atoms with Crippen LogP contribution in [-0.2, 0) is 7.05 Å². The number of halogens is 2. The monoisotopic (exact) mass is 357 g/mol. The average molecular weight is 359 g/mol. The van der Waals surface area contributed by atoms with Gasteiger partial charge in [0.1, 0.15) is 5.69 Å². The number of carbonyl (C=O) groups excluding carboxylic acids is 1. The van der Waals surface area contributed by atoms with Gasteiger partial charge in [0.2, 0.25) is 0 Å². The van der Waals surface area contributed by atoms with Gasteiger partial charge < -0.3 is 9.88 Å². The van der Waals surface area contributed by atoms with Gasteiger partial charge in [-0.15, -0.1) is 0 Å². The van der Waals surface area contributed by atoms with Gasteiger partial charge in [0.25, 0.3) is 11.6 Å². The van der Waals surface area contributed by atoms with Crippen LogP contribution in [0.25, 0.3) is 0 Å². The van der Waals surface area contributed by atoms with Crippen molar-refractivity contribution < 1.29 is 9.72 Å². The van der Waals surface area contributed by atoms with Gasteiger partial charge in [-0.2, -0.15) is 0 Å². The molecule has 20 heavy (non-hydrogen) atoms. The quantitative estimate of drug-likeness (QED) is 0.672. The van der Waals surface area contributed by atoms with Crippen LogP contribution in [-0.4, -0.2) is 15.4 Å². The highest BCUT2D eigenvalue weighted by atomic mass is 79.9. The molecule has 2 rings (SSSR count). The summed E-state index contributed by atoms with van der Waals surface area (Å²) in [7, 11) is 1.72. The van der Waals surface area contributed by atoms with E-state index in [1.165, 1.54) is 18.2 Å². The number of rotatable bonds is 3. The molecule has 1 N–H and O–H groups in total. The number of anilines is 1. The van der Waals surface area contributed by atoms with E-state index >= 15 is 0 Å². The number of benzene rings is 1. The second-order valence-electron chi connectivity index (χ2n) is 4.03. The Hall–Kier alpha value is -1.86. The number of aryl methyl sites for hydroxylation is 1. The number of aromatic nitrogens is 1. The van der Waals surface area contributed by atoms with Crippen molar-refractivity contribution in [1.29, 1.82) is 0 Å². The van der Waals surface area contributed by atoms with Crippen molar-refractivity contribution in [2.75, 3.05) is 5.32 Å². The minimum absolute atomic E-state index is 0.141. The van der Waals surface area contributed by atoms with Crippen LogP contribution in [0.15, 0.2) is 34.9 Å². The van der Waals surface area contributed by atoms with E-state index in [0.717, 1.165) is 4.47 Å². The van der Waals surface area contributed by atoms with Crippen LogP contribution >= 0.6 is 27.5 Å². The maximum absolute atomic E-state index is 12.1. The molecule has 0 radical (unpaired) electrons. The van der Waals surface area contributed by atoms with E-state index in [4.69, 9.17) is 11.6 Å². The summed E-state index contributed by atoms with van der Waals surface area (Å²) in [6.45, 7) is 0. The van der Waals surface area contributed by atoms with Gasteiger partial charge in [0.15, 0.2) is 0 Å². The Bertz CT molecular complexity index is 699. The predicted octanol–water partition coefficient (Wildman–Crippen LogP) is 3.60.